The topological polar surface area (TPSA) is 82.1 Å². The Bertz CT molecular complexity index is 527. The van der Waals surface area contributed by atoms with Gasteiger partial charge < -0.3 is 19.3 Å². The molecule has 1 aromatic rings. The number of benzene rings is 1. The zero-order valence-corrected chi connectivity index (χ0v) is 12.5. The molecule has 1 saturated heterocycles. The Morgan fingerprint density at radius 1 is 1.36 bits per heavy atom. The fraction of sp³-hybridized carbons (Fsp3) is 0.500. The molecule has 1 aliphatic rings. The molecule has 0 bridgehead atoms. The van der Waals surface area contributed by atoms with E-state index in [-0.39, 0.29) is 17.3 Å². The van der Waals surface area contributed by atoms with E-state index >= 15 is 0 Å². The summed E-state index contributed by atoms with van der Waals surface area (Å²) in [5.74, 6) is -1.16. The first-order valence-electron chi connectivity index (χ1n) is 7.42. The third-order valence-corrected chi connectivity index (χ3v) is 3.32. The van der Waals surface area contributed by atoms with Crippen molar-refractivity contribution in [3.8, 4) is 5.75 Å². The van der Waals surface area contributed by atoms with E-state index in [0.29, 0.717) is 25.9 Å². The van der Waals surface area contributed by atoms with Crippen LogP contribution in [-0.4, -0.2) is 36.0 Å². The van der Waals surface area contributed by atoms with E-state index in [1.54, 1.807) is 18.2 Å². The third-order valence-electron chi connectivity index (χ3n) is 3.32. The summed E-state index contributed by atoms with van der Waals surface area (Å²) in [6.45, 7) is 2.39. The Morgan fingerprint density at radius 3 is 2.86 bits per heavy atom. The van der Waals surface area contributed by atoms with Crippen LogP contribution >= 0.6 is 0 Å². The van der Waals surface area contributed by atoms with E-state index in [2.05, 4.69) is 0 Å². The van der Waals surface area contributed by atoms with Gasteiger partial charge in [0.15, 0.2) is 6.10 Å². The van der Waals surface area contributed by atoms with Gasteiger partial charge in [0.25, 0.3) is 0 Å². The van der Waals surface area contributed by atoms with Gasteiger partial charge in [-0.25, -0.2) is 4.79 Å². The lowest BCUT2D eigenvalue weighted by atomic mass is 10.1. The Labute approximate surface area is 129 Å². The molecule has 6 heteroatoms. The number of hydrogen-bond acceptors (Lipinski definition) is 5. The predicted molar refractivity (Wildman–Crippen MR) is 77.8 cm³/mol. The summed E-state index contributed by atoms with van der Waals surface area (Å²) in [6.07, 6.45) is 1.15. The smallest absolute Gasteiger partial charge is 0.339 e. The molecule has 0 spiro atoms. The zero-order valence-electron chi connectivity index (χ0n) is 12.5. The van der Waals surface area contributed by atoms with Crippen LogP contribution in [0.15, 0.2) is 24.3 Å². The van der Waals surface area contributed by atoms with Crippen molar-refractivity contribution in [3.05, 3.63) is 29.8 Å². The van der Waals surface area contributed by atoms with Gasteiger partial charge >= 0.3 is 11.9 Å². The van der Waals surface area contributed by atoms with Gasteiger partial charge in [-0.2, -0.15) is 0 Å². The highest BCUT2D eigenvalue weighted by atomic mass is 16.7. The standard InChI is InChI=1S/C16H20O6/c1-2-6-14(17)21-13-9-5-10-20-16(13)22-12-8-4-3-7-11(12)15(18)19/h3-4,7-8,13,16H,2,5-6,9-10H2,1H3,(H,18,19). The van der Waals surface area contributed by atoms with Gasteiger partial charge in [0.1, 0.15) is 11.3 Å². The lowest BCUT2D eigenvalue weighted by Crippen LogP contribution is -2.41. The lowest BCUT2D eigenvalue weighted by Gasteiger charge is -2.31. The van der Waals surface area contributed by atoms with Crippen molar-refractivity contribution in [2.24, 2.45) is 0 Å². The first kappa shape index (κ1) is 16.3. The van der Waals surface area contributed by atoms with Crippen molar-refractivity contribution < 1.29 is 28.9 Å². The normalized spacial score (nSPS) is 21.1. The quantitative estimate of drug-likeness (QED) is 0.813. The fourth-order valence-electron chi connectivity index (χ4n) is 2.25. The van der Waals surface area contributed by atoms with Crippen LogP contribution in [0.4, 0.5) is 0 Å². The number of carbonyl (C=O) groups is 2. The predicted octanol–water partition coefficient (Wildman–Crippen LogP) is 2.61. The first-order valence-corrected chi connectivity index (χ1v) is 7.42. The molecule has 0 saturated carbocycles. The van der Waals surface area contributed by atoms with E-state index in [4.69, 9.17) is 14.2 Å². The number of carboxylic acid groups (broad SMARTS) is 1. The molecule has 0 aromatic heterocycles. The van der Waals surface area contributed by atoms with Crippen LogP contribution in [0, 0.1) is 0 Å². The van der Waals surface area contributed by atoms with Gasteiger partial charge in [-0.05, 0) is 31.4 Å². The summed E-state index contributed by atoms with van der Waals surface area (Å²) < 4.78 is 16.6. The molecule has 0 amide bonds. The summed E-state index contributed by atoms with van der Waals surface area (Å²) in [4.78, 5) is 22.9. The molecule has 2 atom stereocenters. The highest BCUT2D eigenvalue weighted by Gasteiger charge is 2.31. The molecule has 6 nitrogen and oxygen atoms in total. The van der Waals surface area contributed by atoms with Gasteiger partial charge in [-0.1, -0.05) is 19.1 Å². The molecule has 0 radical (unpaired) electrons. The molecule has 1 aromatic carbocycles. The van der Waals surface area contributed by atoms with E-state index in [9.17, 15) is 14.7 Å². The summed E-state index contributed by atoms with van der Waals surface area (Å²) in [6, 6.07) is 6.32. The van der Waals surface area contributed by atoms with Crippen LogP contribution in [0.2, 0.25) is 0 Å². The first-order chi connectivity index (χ1) is 10.6. The van der Waals surface area contributed by atoms with Crippen molar-refractivity contribution in [2.45, 2.75) is 45.0 Å². The highest BCUT2D eigenvalue weighted by Crippen LogP contribution is 2.25. The van der Waals surface area contributed by atoms with Gasteiger partial charge in [-0.15, -0.1) is 0 Å². The molecule has 120 valence electrons. The Morgan fingerprint density at radius 2 is 2.14 bits per heavy atom. The second kappa shape index (κ2) is 7.79. The largest absolute Gasteiger partial charge is 0.478 e. The van der Waals surface area contributed by atoms with Crippen molar-refractivity contribution in [3.63, 3.8) is 0 Å². The molecule has 1 fully saturated rings. The van der Waals surface area contributed by atoms with Crippen LogP contribution in [0.1, 0.15) is 43.0 Å². The number of rotatable bonds is 6. The second-order valence-electron chi connectivity index (χ2n) is 5.08. The van der Waals surface area contributed by atoms with E-state index < -0.39 is 18.4 Å². The van der Waals surface area contributed by atoms with Crippen molar-refractivity contribution in [1.82, 2.24) is 0 Å². The van der Waals surface area contributed by atoms with Crippen LogP contribution in [0.3, 0.4) is 0 Å². The number of carboxylic acids is 1. The van der Waals surface area contributed by atoms with Crippen molar-refractivity contribution in [2.75, 3.05) is 6.61 Å². The van der Waals surface area contributed by atoms with Crippen LogP contribution in [0.5, 0.6) is 5.75 Å². The molecule has 1 heterocycles. The van der Waals surface area contributed by atoms with Crippen molar-refractivity contribution >= 4 is 11.9 Å². The average molecular weight is 308 g/mol. The number of carbonyl (C=O) groups excluding carboxylic acids is 1. The number of ether oxygens (including phenoxy) is 3. The van der Waals surface area contributed by atoms with E-state index in [0.717, 1.165) is 6.42 Å². The van der Waals surface area contributed by atoms with Crippen LogP contribution in [0.25, 0.3) is 0 Å². The number of aromatic carboxylic acids is 1. The van der Waals surface area contributed by atoms with Crippen LogP contribution < -0.4 is 4.74 Å². The Kier molecular flexibility index (Phi) is 5.77. The molecular formula is C16H20O6. The summed E-state index contributed by atoms with van der Waals surface area (Å²) in [5, 5.41) is 9.17. The molecule has 2 unspecified atom stereocenters. The monoisotopic (exact) mass is 308 g/mol. The van der Waals surface area contributed by atoms with Crippen LogP contribution in [-0.2, 0) is 14.3 Å². The molecule has 22 heavy (non-hydrogen) atoms. The second-order valence-corrected chi connectivity index (χ2v) is 5.08. The Hall–Kier alpha value is -2.08. The van der Waals surface area contributed by atoms with Gasteiger partial charge in [0.05, 0.1) is 6.61 Å². The molecule has 1 N–H and O–H groups in total. The number of para-hydroxylation sites is 1. The fourth-order valence-corrected chi connectivity index (χ4v) is 2.25. The lowest BCUT2D eigenvalue weighted by molar-refractivity contribution is -0.196. The van der Waals surface area contributed by atoms with Crippen molar-refractivity contribution in [1.29, 1.82) is 0 Å². The minimum absolute atomic E-state index is 0.0512. The van der Waals surface area contributed by atoms with Gasteiger partial charge in [0, 0.05) is 6.42 Å². The summed E-state index contributed by atoms with van der Waals surface area (Å²) >= 11 is 0. The summed E-state index contributed by atoms with van der Waals surface area (Å²) in [5.41, 5.74) is 0.0512. The maximum atomic E-state index is 11.7. The Balaban J connectivity index is 2.08. The highest BCUT2D eigenvalue weighted by molar-refractivity contribution is 5.90. The van der Waals surface area contributed by atoms with E-state index in [1.165, 1.54) is 6.07 Å². The zero-order chi connectivity index (χ0) is 15.9. The maximum Gasteiger partial charge on any atom is 0.339 e. The SMILES string of the molecule is CCCC(=O)OC1CCCOC1Oc1ccccc1C(=O)O. The molecular weight excluding hydrogens is 288 g/mol. The van der Waals surface area contributed by atoms with E-state index in [1.807, 2.05) is 6.92 Å². The minimum Gasteiger partial charge on any atom is -0.478 e. The molecule has 0 aliphatic carbocycles. The molecule has 1 aliphatic heterocycles. The number of esters is 1. The third kappa shape index (κ3) is 4.21. The average Bonchev–Trinajstić information content (AvgIpc) is 2.50. The maximum absolute atomic E-state index is 11.7. The molecule has 2 rings (SSSR count). The van der Waals surface area contributed by atoms with Gasteiger partial charge in [-0.3, -0.25) is 4.79 Å². The number of hydrogen-bond donors (Lipinski definition) is 1. The minimum atomic E-state index is -1.08. The van der Waals surface area contributed by atoms with Gasteiger partial charge in [0.2, 0.25) is 6.29 Å². The summed E-state index contributed by atoms with van der Waals surface area (Å²) in [7, 11) is 0.